The van der Waals surface area contributed by atoms with Crippen LogP contribution in [0.5, 0.6) is 5.75 Å². The van der Waals surface area contributed by atoms with E-state index < -0.39 is 15.9 Å². The van der Waals surface area contributed by atoms with Crippen LogP contribution in [0.4, 0.5) is 0 Å². The highest BCUT2D eigenvalue weighted by Gasteiger charge is 2.16. The average molecular weight is 229 g/mol. The van der Waals surface area contributed by atoms with Gasteiger partial charge in [-0.1, -0.05) is 18.2 Å². The summed E-state index contributed by atoms with van der Waals surface area (Å²) in [5.74, 6) is -0.703. The van der Waals surface area contributed by atoms with Crippen LogP contribution in [-0.2, 0) is 14.9 Å². The van der Waals surface area contributed by atoms with Gasteiger partial charge in [0, 0.05) is 0 Å². The molecule has 0 atom stereocenters. The molecule has 0 radical (unpaired) electrons. The summed E-state index contributed by atoms with van der Waals surface area (Å²) in [4.78, 5) is 0. The van der Waals surface area contributed by atoms with Crippen molar-refractivity contribution in [1.29, 1.82) is 5.41 Å². The van der Waals surface area contributed by atoms with Gasteiger partial charge in [-0.05, 0) is 12.1 Å². The number of nitrogens with one attached hydrogen (secondary N) is 1. The molecule has 0 saturated carbocycles. The van der Waals surface area contributed by atoms with E-state index in [1.165, 1.54) is 19.2 Å². The molecule has 0 aliphatic rings. The van der Waals surface area contributed by atoms with E-state index in [9.17, 15) is 8.42 Å². The van der Waals surface area contributed by atoms with Crippen LogP contribution in [0, 0.1) is 5.41 Å². The molecule has 0 aliphatic heterocycles. The van der Waals surface area contributed by atoms with Gasteiger partial charge in [0.25, 0.3) is 0 Å². The van der Waals surface area contributed by atoms with Gasteiger partial charge in [0.2, 0.25) is 0 Å². The van der Waals surface area contributed by atoms with Crippen molar-refractivity contribution >= 4 is 16.0 Å². The molecule has 0 bridgehead atoms. The number of hydrogen-bond donors (Lipinski definition) is 1. The van der Waals surface area contributed by atoms with Gasteiger partial charge in [0.15, 0.2) is 11.7 Å². The van der Waals surface area contributed by atoms with Gasteiger partial charge in [-0.2, -0.15) is 8.42 Å². The number of rotatable bonds is 4. The smallest absolute Gasteiger partial charge is 0.318 e. The van der Waals surface area contributed by atoms with Gasteiger partial charge in [0.05, 0.1) is 7.11 Å². The zero-order valence-corrected chi connectivity index (χ0v) is 8.95. The molecule has 15 heavy (non-hydrogen) atoms. The summed E-state index contributed by atoms with van der Waals surface area (Å²) in [6.07, 6.45) is 0. The fraction of sp³-hybridized carbons (Fsp3) is 0.222. The number of methoxy groups -OCH3 is 1. The predicted molar refractivity (Wildman–Crippen MR) is 55.6 cm³/mol. The molecular weight excluding hydrogens is 218 g/mol. The van der Waals surface area contributed by atoms with E-state index >= 15 is 0 Å². The number of para-hydroxylation sites is 1. The molecule has 0 spiro atoms. The van der Waals surface area contributed by atoms with Gasteiger partial charge < -0.3 is 8.92 Å². The Bertz CT molecular complexity index is 427. The molecule has 6 heteroatoms. The summed E-state index contributed by atoms with van der Waals surface area (Å²) in [6, 6.07) is 8.11. The minimum atomic E-state index is -3.80. The van der Waals surface area contributed by atoms with Crippen LogP contribution in [0.15, 0.2) is 30.3 Å². The molecule has 0 saturated heterocycles. The van der Waals surface area contributed by atoms with Gasteiger partial charge in [-0.15, -0.1) is 0 Å². The van der Waals surface area contributed by atoms with E-state index in [4.69, 9.17) is 9.59 Å². The number of ether oxygens (including phenoxy) is 1. The molecule has 1 N–H and O–H groups in total. The molecular formula is C9H11NO4S. The lowest BCUT2D eigenvalue weighted by Gasteiger charge is -2.06. The van der Waals surface area contributed by atoms with Crippen molar-refractivity contribution in [2.75, 3.05) is 12.9 Å². The standard InChI is InChI=1S/C9H11NO4S/c1-13-9(10)7-15(11,12)14-8-5-3-2-4-6-8/h2-6,10H,7H2,1H3. The molecule has 1 aromatic rings. The minimum absolute atomic E-state index is 0.224. The second kappa shape index (κ2) is 4.79. The van der Waals surface area contributed by atoms with Crippen LogP contribution in [0.3, 0.4) is 0 Å². The highest BCUT2D eigenvalue weighted by molar-refractivity contribution is 7.87. The average Bonchev–Trinajstić information content (AvgIpc) is 2.17. The first-order valence-electron chi connectivity index (χ1n) is 4.12. The third-order valence-corrected chi connectivity index (χ3v) is 2.58. The highest BCUT2D eigenvalue weighted by Crippen LogP contribution is 2.11. The Kier molecular flexibility index (Phi) is 3.68. The normalized spacial score (nSPS) is 10.7. The largest absolute Gasteiger partial charge is 0.484 e. The lowest BCUT2D eigenvalue weighted by molar-refractivity contribution is 0.393. The lowest BCUT2D eigenvalue weighted by atomic mass is 10.3. The molecule has 0 amide bonds. The van der Waals surface area contributed by atoms with Crippen molar-refractivity contribution in [3.05, 3.63) is 30.3 Å². The third-order valence-electron chi connectivity index (χ3n) is 1.52. The van der Waals surface area contributed by atoms with Crippen LogP contribution >= 0.6 is 0 Å². The Morgan fingerprint density at radius 1 is 1.33 bits per heavy atom. The molecule has 5 nitrogen and oxygen atoms in total. The fourth-order valence-electron chi connectivity index (χ4n) is 0.872. The number of hydrogen-bond acceptors (Lipinski definition) is 5. The van der Waals surface area contributed by atoms with E-state index in [0.29, 0.717) is 0 Å². The maximum atomic E-state index is 11.3. The van der Waals surface area contributed by atoms with Gasteiger partial charge in [-0.25, -0.2) is 0 Å². The van der Waals surface area contributed by atoms with Crippen molar-refractivity contribution < 1.29 is 17.3 Å². The SMILES string of the molecule is COC(=N)CS(=O)(=O)Oc1ccccc1. The van der Waals surface area contributed by atoms with Crippen LogP contribution in [0.2, 0.25) is 0 Å². The van der Waals surface area contributed by atoms with E-state index in [2.05, 4.69) is 4.74 Å². The van der Waals surface area contributed by atoms with Crippen molar-refractivity contribution in [3.8, 4) is 5.75 Å². The van der Waals surface area contributed by atoms with E-state index in [0.717, 1.165) is 0 Å². The zero-order chi connectivity index (χ0) is 11.3. The molecule has 1 aromatic carbocycles. The second-order valence-electron chi connectivity index (χ2n) is 2.73. The Morgan fingerprint density at radius 3 is 2.47 bits per heavy atom. The summed E-state index contributed by atoms with van der Waals surface area (Å²) in [7, 11) is -2.56. The van der Waals surface area contributed by atoms with E-state index in [1.807, 2.05) is 0 Å². The van der Waals surface area contributed by atoms with Crippen LogP contribution in [0.1, 0.15) is 0 Å². The maximum Gasteiger partial charge on any atom is 0.318 e. The van der Waals surface area contributed by atoms with Crippen LogP contribution < -0.4 is 4.18 Å². The fourth-order valence-corrected chi connectivity index (χ4v) is 1.77. The van der Waals surface area contributed by atoms with Crippen molar-refractivity contribution in [2.45, 2.75) is 0 Å². The topological polar surface area (TPSA) is 76.5 Å². The monoisotopic (exact) mass is 229 g/mol. The summed E-state index contributed by atoms with van der Waals surface area (Å²) in [5, 5.41) is 7.08. The highest BCUT2D eigenvalue weighted by atomic mass is 32.2. The molecule has 82 valence electrons. The molecule has 1 rings (SSSR count). The third kappa shape index (κ3) is 3.99. The van der Waals surface area contributed by atoms with Crippen molar-refractivity contribution in [3.63, 3.8) is 0 Å². The predicted octanol–water partition coefficient (Wildman–Crippen LogP) is 1.02. The first-order valence-corrected chi connectivity index (χ1v) is 5.70. The minimum Gasteiger partial charge on any atom is -0.484 e. The van der Waals surface area contributed by atoms with Crippen molar-refractivity contribution in [2.24, 2.45) is 0 Å². The summed E-state index contributed by atoms with van der Waals surface area (Å²) < 4.78 is 31.8. The molecule has 0 unspecified atom stereocenters. The Hall–Kier alpha value is -1.56. The first kappa shape index (κ1) is 11.5. The molecule has 0 fully saturated rings. The molecule has 0 aliphatic carbocycles. The summed E-state index contributed by atoms with van der Waals surface area (Å²) in [5.41, 5.74) is 0. The van der Waals surface area contributed by atoms with E-state index in [1.54, 1.807) is 18.2 Å². The van der Waals surface area contributed by atoms with Gasteiger partial charge in [0.1, 0.15) is 5.75 Å². The van der Waals surface area contributed by atoms with Crippen molar-refractivity contribution in [1.82, 2.24) is 0 Å². The first-order chi connectivity index (χ1) is 7.03. The van der Waals surface area contributed by atoms with E-state index in [-0.39, 0.29) is 11.6 Å². The molecule has 0 heterocycles. The van der Waals surface area contributed by atoms with Crippen LogP contribution in [-0.4, -0.2) is 27.2 Å². The lowest BCUT2D eigenvalue weighted by Crippen LogP contribution is -2.21. The van der Waals surface area contributed by atoms with Gasteiger partial charge in [-0.3, -0.25) is 5.41 Å². The quantitative estimate of drug-likeness (QED) is 0.475. The Morgan fingerprint density at radius 2 is 1.93 bits per heavy atom. The second-order valence-corrected chi connectivity index (χ2v) is 4.30. The van der Waals surface area contributed by atoms with Gasteiger partial charge >= 0.3 is 10.1 Å². The Labute approximate surface area is 88.3 Å². The maximum absolute atomic E-state index is 11.3. The summed E-state index contributed by atoms with van der Waals surface area (Å²) in [6.45, 7) is 0. The van der Waals surface area contributed by atoms with Crippen LogP contribution in [0.25, 0.3) is 0 Å². The molecule has 0 aromatic heterocycles. The summed E-state index contributed by atoms with van der Waals surface area (Å²) >= 11 is 0. The Balaban J connectivity index is 2.69. The number of benzene rings is 1. The zero-order valence-electron chi connectivity index (χ0n) is 8.14.